The number of amides is 1. The molecule has 0 bridgehead atoms. The minimum absolute atomic E-state index is 0.309. The van der Waals surface area contributed by atoms with E-state index < -0.39 is 5.91 Å². The molecule has 0 spiro atoms. The lowest BCUT2D eigenvalue weighted by atomic mass is 10.3. The Labute approximate surface area is 96.6 Å². The highest BCUT2D eigenvalue weighted by Gasteiger charge is 2.08. The number of anilines is 1. The molecule has 8 heteroatoms. The van der Waals surface area contributed by atoms with Crippen LogP contribution >= 0.6 is 0 Å². The van der Waals surface area contributed by atoms with E-state index in [2.05, 4.69) is 20.5 Å². The average Bonchev–Trinajstić information content (AvgIpc) is 2.77. The van der Waals surface area contributed by atoms with Crippen molar-refractivity contribution < 1.29 is 4.79 Å². The number of nitrogen functional groups attached to an aromatic ring is 1. The molecule has 5 N–H and O–H groups in total. The molecule has 2 aromatic heterocycles. The van der Waals surface area contributed by atoms with Crippen LogP contribution in [0, 0.1) is 6.92 Å². The van der Waals surface area contributed by atoms with Crippen molar-refractivity contribution in [3.8, 4) is 5.82 Å². The Morgan fingerprint density at radius 2 is 2.24 bits per heavy atom. The predicted octanol–water partition coefficient (Wildman–Crippen LogP) is -0.645. The Kier molecular flexibility index (Phi) is 2.71. The Balaban J connectivity index is 2.44. The van der Waals surface area contributed by atoms with Gasteiger partial charge in [0.25, 0.3) is 5.91 Å². The third-order valence-corrected chi connectivity index (χ3v) is 2.07. The topological polar surface area (TPSA) is 125 Å². The van der Waals surface area contributed by atoms with Crippen LogP contribution in [-0.2, 0) is 0 Å². The summed E-state index contributed by atoms with van der Waals surface area (Å²) in [6.07, 6.45) is 2.86. The normalized spacial score (nSPS) is 10.2. The molecule has 0 aromatic carbocycles. The number of carbonyl (C=O) groups is 1. The zero-order valence-corrected chi connectivity index (χ0v) is 9.08. The number of hydrazine groups is 1. The summed E-state index contributed by atoms with van der Waals surface area (Å²) < 4.78 is 1.43. The lowest BCUT2D eigenvalue weighted by molar-refractivity contribution is 0.100. The molecule has 2 heterocycles. The van der Waals surface area contributed by atoms with Gasteiger partial charge in [-0.2, -0.15) is 5.10 Å². The number of primary amides is 1. The fraction of sp³-hybridized carbons (Fsp3) is 0.111. The summed E-state index contributed by atoms with van der Waals surface area (Å²) >= 11 is 0. The van der Waals surface area contributed by atoms with Crippen LogP contribution < -0.4 is 17.0 Å². The predicted molar refractivity (Wildman–Crippen MR) is 60.2 cm³/mol. The zero-order chi connectivity index (χ0) is 12.4. The van der Waals surface area contributed by atoms with Crippen molar-refractivity contribution in [1.29, 1.82) is 0 Å². The van der Waals surface area contributed by atoms with Gasteiger partial charge in [0.05, 0.1) is 11.8 Å². The van der Waals surface area contributed by atoms with Crippen molar-refractivity contribution in [1.82, 2.24) is 19.7 Å². The first-order valence-electron chi connectivity index (χ1n) is 4.77. The van der Waals surface area contributed by atoms with E-state index in [1.54, 1.807) is 13.0 Å². The van der Waals surface area contributed by atoms with Gasteiger partial charge in [0, 0.05) is 12.3 Å². The van der Waals surface area contributed by atoms with Crippen LogP contribution in [0.2, 0.25) is 0 Å². The molecule has 0 aliphatic carbocycles. The summed E-state index contributed by atoms with van der Waals surface area (Å²) in [4.78, 5) is 19.1. The molecule has 0 saturated carbocycles. The van der Waals surface area contributed by atoms with Gasteiger partial charge in [-0.25, -0.2) is 20.5 Å². The number of rotatable bonds is 3. The zero-order valence-electron chi connectivity index (χ0n) is 9.08. The summed E-state index contributed by atoms with van der Waals surface area (Å²) in [5, 5.41) is 3.98. The van der Waals surface area contributed by atoms with Crippen LogP contribution in [0.15, 0.2) is 18.5 Å². The Morgan fingerprint density at radius 1 is 1.47 bits per heavy atom. The first kappa shape index (κ1) is 11.0. The van der Waals surface area contributed by atoms with Gasteiger partial charge < -0.3 is 11.2 Å². The highest BCUT2D eigenvalue weighted by molar-refractivity contribution is 5.92. The van der Waals surface area contributed by atoms with Gasteiger partial charge in [-0.15, -0.1) is 0 Å². The maximum atomic E-state index is 10.9. The van der Waals surface area contributed by atoms with Crippen molar-refractivity contribution in [3.63, 3.8) is 0 Å². The van der Waals surface area contributed by atoms with Gasteiger partial charge in [0.15, 0.2) is 5.82 Å². The van der Waals surface area contributed by atoms with Crippen LogP contribution in [-0.4, -0.2) is 25.7 Å². The smallest absolute Gasteiger partial charge is 0.251 e. The lowest BCUT2D eigenvalue weighted by Gasteiger charge is -2.04. The number of nitrogens with one attached hydrogen (secondary N) is 1. The minimum atomic E-state index is -0.542. The number of hydrogen-bond donors (Lipinski definition) is 3. The molecule has 17 heavy (non-hydrogen) atoms. The fourth-order valence-corrected chi connectivity index (χ4v) is 1.32. The second-order valence-corrected chi connectivity index (χ2v) is 3.34. The monoisotopic (exact) mass is 233 g/mol. The molecular weight excluding hydrogens is 222 g/mol. The number of aromatic nitrogens is 4. The van der Waals surface area contributed by atoms with E-state index in [0.29, 0.717) is 23.0 Å². The molecule has 0 unspecified atom stereocenters. The largest absolute Gasteiger partial charge is 0.366 e. The molecule has 1 amide bonds. The van der Waals surface area contributed by atoms with Crippen LogP contribution in [0.1, 0.15) is 16.2 Å². The van der Waals surface area contributed by atoms with E-state index in [1.165, 1.54) is 17.1 Å². The van der Waals surface area contributed by atoms with E-state index in [4.69, 9.17) is 11.6 Å². The molecule has 88 valence electrons. The molecule has 0 atom stereocenters. The van der Waals surface area contributed by atoms with Crippen molar-refractivity contribution >= 4 is 11.7 Å². The summed E-state index contributed by atoms with van der Waals surface area (Å²) in [6.45, 7) is 1.73. The first-order chi connectivity index (χ1) is 8.10. The second kappa shape index (κ2) is 4.18. The van der Waals surface area contributed by atoms with E-state index in [9.17, 15) is 4.79 Å². The van der Waals surface area contributed by atoms with Crippen LogP contribution in [0.5, 0.6) is 0 Å². The molecule has 0 aliphatic heterocycles. The summed E-state index contributed by atoms with van der Waals surface area (Å²) in [6, 6.07) is 1.60. The van der Waals surface area contributed by atoms with Gasteiger partial charge in [-0.05, 0) is 6.92 Å². The highest BCUT2D eigenvalue weighted by Crippen LogP contribution is 2.10. The third kappa shape index (κ3) is 2.21. The van der Waals surface area contributed by atoms with Gasteiger partial charge >= 0.3 is 0 Å². The van der Waals surface area contributed by atoms with Crippen LogP contribution in [0.3, 0.4) is 0 Å². The highest BCUT2D eigenvalue weighted by atomic mass is 16.1. The molecular formula is C9H11N7O. The Bertz CT molecular complexity index is 562. The summed E-state index contributed by atoms with van der Waals surface area (Å²) in [5.74, 6) is 6.23. The van der Waals surface area contributed by atoms with Crippen molar-refractivity contribution in [2.75, 3.05) is 5.43 Å². The molecule has 2 aromatic rings. The number of hydrogen-bond acceptors (Lipinski definition) is 6. The molecule has 0 radical (unpaired) electrons. The fourth-order valence-electron chi connectivity index (χ4n) is 1.32. The molecule has 8 nitrogen and oxygen atoms in total. The SMILES string of the molecule is Cc1nc(NN)cc(-n2cc(C(N)=O)cn2)n1. The number of nitrogens with zero attached hydrogens (tertiary/aromatic N) is 4. The van der Waals surface area contributed by atoms with Crippen LogP contribution in [0.4, 0.5) is 5.82 Å². The quantitative estimate of drug-likeness (QED) is 0.478. The van der Waals surface area contributed by atoms with Crippen LogP contribution in [0.25, 0.3) is 5.82 Å². The van der Waals surface area contributed by atoms with E-state index in [-0.39, 0.29) is 0 Å². The minimum Gasteiger partial charge on any atom is -0.366 e. The number of nitrogens with two attached hydrogens (primary N) is 2. The van der Waals surface area contributed by atoms with Gasteiger partial charge in [-0.1, -0.05) is 0 Å². The number of carbonyl (C=O) groups excluding carboxylic acids is 1. The van der Waals surface area contributed by atoms with Crippen molar-refractivity contribution in [3.05, 3.63) is 29.8 Å². The van der Waals surface area contributed by atoms with E-state index in [0.717, 1.165) is 0 Å². The maximum absolute atomic E-state index is 10.9. The molecule has 0 aliphatic rings. The Morgan fingerprint density at radius 3 is 2.82 bits per heavy atom. The van der Waals surface area contributed by atoms with Gasteiger partial charge in [0.1, 0.15) is 11.6 Å². The van der Waals surface area contributed by atoms with Gasteiger partial charge in [0.2, 0.25) is 0 Å². The van der Waals surface area contributed by atoms with Crippen molar-refractivity contribution in [2.24, 2.45) is 11.6 Å². The maximum Gasteiger partial charge on any atom is 0.251 e. The third-order valence-electron chi connectivity index (χ3n) is 2.07. The van der Waals surface area contributed by atoms with Gasteiger partial charge in [-0.3, -0.25) is 4.79 Å². The van der Waals surface area contributed by atoms with Crippen molar-refractivity contribution in [2.45, 2.75) is 6.92 Å². The lowest BCUT2D eigenvalue weighted by Crippen LogP contribution is -2.12. The van der Waals surface area contributed by atoms with E-state index in [1.807, 2.05) is 0 Å². The summed E-state index contributed by atoms with van der Waals surface area (Å²) in [5.41, 5.74) is 7.87. The average molecular weight is 233 g/mol. The standard InChI is InChI=1S/C9H11N7O/c1-5-13-7(15-11)2-8(14-5)16-4-6(3-12-16)9(10)17/h2-4H,11H2,1H3,(H2,10,17)(H,13,14,15). The molecule has 0 saturated heterocycles. The summed E-state index contributed by atoms with van der Waals surface area (Å²) in [7, 11) is 0. The van der Waals surface area contributed by atoms with E-state index >= 15 is 0 Å². The first-order valence-corrected chi connectivity index (χ1v) is 4.77. The Hall–Kier alpha value is -2.48. The molecule has 0 fully saturated rings. The second-order valence-electron chi connectivity index (χ2n) is 3.34. The molecule has 2 rings (SSSR count). The number of aryl methyl sites for hydroxylation is 1.